The molecule has 2 atom stereocenters. The predicted molar refractivity (Wildman–Crippen MR) is 83.6 cm³/mol. The van der Waals surface area contributed by atoms with E-state index >= 15 is 0 Å². The van der Waals surface area contributed by atoms with Gasteiger partial charge in [0.15, 0.2) is 0 Å². The Morgan fingerprint density at radius 3 is 2.48 bits per heavy atom. The summed E-state index contributed by atoms with van der Waals surface area (Å²) in [5.41, 5.74) is 3.76. The molecule has 0 aromatic heterocycles. The summed E-state index contributed by atoms with van der Waals surface area (Å²) in [5.74, 6) is 0.891. The van der Waals surface area contributed by atoms with Crippen molar-refractivity contribution in [3.05, 3.63) is 65.2 Å². The van der Waals surface area contributed by atoms with E-state index < -0.39 is 0 Å². The zero-order chi connectivity index (χ0) is 14.8. The van der Waals surface area contributed by atoms with E-state index in [9.17, 15) is 5.11 Å². The van der Waals surface area contributed by atoms with Crippen LogP contribution < -0.4 is 4.74 Å². The minimum absolute atomic E-state index is 0.114. The molecule has 21 heavy (non-hydrogen) atoms. The largest absolute Gasteiger partial charge is 0.496 e. The fraction of sp³-hybridized carbons (Fsp3) is 0.333. The quantitative estimate of drug-likeness (QED) is 0.940. The second-order valence-electron chi connectivity index (χ2n) is 5.55. The van der Waals surface area contributed by atoms with Gasteiger partial charge in [0.25, 0.3) is 0 Å². The lowest BCUT2D eigenvalue weighted by Gasteiger charge is -2.40. The molecule has 1 heterocycles. The van der Waals surface area contributed by atoms with Crippen molar-refractivity contribution in [3.8, 4) is 5.75 Å². The molecule has 0 fully saturated rings. The number of aliphatic hydroxyl groups excluding tert-OH is 1. The minimum atomic E-state index is 0.114. The first-order chi connectivity index (χ1) is 10.3. The van der Waals surface area contributed by atoms with E-state index in [0.717, 1.165) is 17.7 Å². The summed E-state index contributed by atoms with van der Waals surface area (Å²) < 4.78 is 5.54. The average Bonchev–Trinajstić information content (AvgIpc) is 2.54. The van der Waals surface area contributed by atoms with Gasteiger partial charge in [-0.15, -0.1) is 0 Å². The van der Waals surface area contributed by atoms with Crippen LogP contribution in [0.5, 0.6) is 5.75 Å². The van der Waals surface area contributed by atoms with Gasteiger partial charge in [-0.3, -0.25) is 4.90 Å². The smallest absolute Gasteiger partial charge is 0.123 e. The lowest BCUT2D eigenvalue weighted by atomic mass is 9.85. The van der Waals surface area contributed by atoms with Crippen molar-refractivity contribution in [3.63, 3.8) is 0 Å². The highest BCUT2D eigenvalue weighted by Crippen LogP contribution is 2.40. The van der Waals surface area contributed by atoms with Gasteiger partial charge in [-0.1, -0.05) is 42.5 Å². The highest BCUT2D eigenvalue weighted by Gasteiger charge is 2.33. The topological polar surface area (TPSA) is 32.7 Å². The Hall–Kier alpha value is -1.84. The van der Waals surface area contributed by atoms with E-state index in [0.29, 0.717) is 0 Å². The van der Waals surface area contributed by atoms with Crippen LogP contribution in [-0.4, -0.2) is 36.8 Å². The maximum Gasteiger partial charge on any atom is 0.123 e. The Morgan fingerprint density at radius 1 is 1.10 bits per heavy atom. The molecule has 0 spiro atoms. The molecule has 110 valence electrons. The summed E-state index contributed by atoms with van der Waals surface area (Å²) >= 11 is 0. The van der Waals surface area contributed by atoms with Crippen LogP contribution in [0.15, 0.2) is 48.5 Å². The van der Waals surface area contributed by atoms with Crippen LogP contribution in [0.2, 0.25) is 0 Å². The van der Waals surface area contributed by atoms with Crippen molar-refractivity contribution in [2.75, 3.05) is 20.8 Å². The Morgan fingerprint density at radius 2 is 1.76 bits per heavy atom. The van der Waals surface area contributed by atoms with Crippen molar-refractivity contribution in [2.24, 2.45) is 0 Å². The van der Waals surface area contributed by atoms with Gasteiger partial charge in [0.2, 0.25) is 0 Å². The Labute approximate surface area is 125 Å². The van der Waals surface area contributed by atoms with Crippen molar-refractivity contribution in [1.29, 1.82) is 0 Å². The van der Waals surface area contributed by atoms with Crippen molar-refractivity contribution in [1.82, 2.24) is 4.90 Å². The summed E-state index contributed by atoms with van der Waals surface area (Å²) in [5, 5.41) is 9.71. The molecule has 1 N–H and O–H groups in total. The fourth-order valence-corrected chi connectivity index (χ4v) is 3.29. The molecule has 0 amide bonds. The van der Waals surface area contributed by atoms with Crippen molar-refractivity contribution >= 4 is 0 Å². The number of aliphatic hydroxyl groups is 1. The normalized spacial score (nSPS) is 21.9. The molecule has 0 radical (unpaired) electrons. The second-order valence-corrected chi connectivity index (χ2v) is 5.55. The third-order valence-corrected chi connectivity index (χ3v) is 4.43. The van der Waals surface area contributed by atoms with Gasteiger partial charge in [0, 0.05) is 11.6 Å². The van der Waals surface area contributed by atoms with E-state index in [2.05, 4.69) is 42.3 Å². The number of methoxy groups -OCH3 is 1. The molecule has 0 unspecified atom stereocenters. The fourth-order valence-electron chi connectivity index (χ4n) is 3.29. The predicted octanol–water partition coefficient (Wildman–Crippen LogP) is 2.63. The average molecular weight is 283 g/mol. The van der Waals surface area contributed by atoms with Crippen LogP contribution in [0.3, 0.4) is 0 Å². The minimum Gasteiger partial charge on any atom is -0.496 e. The number of hydrogen-bond acceptors (Lipinski definition) is 3. The molecule has 3 heteroatoms. The summed E-state index contributed by atoms with van der Waals surface area (Å²) in [7, 11) is 3.78. The van der Waals surface area contributed by atoms with Crippen molar-refractivity contribution < 1.29 is 9.84 Å². The molecule has 1 aliphatic heterocycles. The molecule has 0 saturated carbocycles. The molecule has 2 aromatic rings. The first-order valence-corrected chi connectivity index (χ1v) is 7.29. The Kier molecular flexibility index (Phi) is 3.95. The number of ether oxygens (including phenoxy) is 1. The highest BCUT2D eigenvalue weighted by molar-refractivity contribution is 5.46. The molecule has 1 aliphatic rings. The number of para-hydroxylation sites is 1. The molecule has 0 aliphatic carbocycles. The van der Waals surface area contributed by atoms with E-state index in [-0.39, 0.29) is 18.7 Å². The number of fused-ring (bicyclic) bond motifs is 1. The van der Waals surface area contributed by atoms with Crippen LogP contribution in [0.25, 0.3) is 0 Å². The third kappa shape index (κ3) is 2.43. The molecule has 2 aromatic carbocycles. The van der Waals surface area contributed by atoms with Gasteiger partial charge >= 0.3 is 0 Å². The number of nitrogens with zero attached hydrogens (tertiary/aromatic N) is 1. The maximum absolute atomic E-state index is 9.71. The summed E-state index contributed by atoms with van der Waals surface area (Å²) in [6.45, 7) is 0.163. The second kappa shape index (κ2) is 5.88. The first-order valence-electron chi connectivity index (χ1n) is 7.29. The molecular weight excluding hydrogens is 262 g/mol. The van der Waals surface area contributed by atoms with Crippen LogP contribution >= 0.6 is 0 Å². The van der Waals surface area contributed by atoms with Gasteiger partial charge in [-0.2, -0.15) is 0 Å². The number of benzene rings is 2. The standard InChI is InChI=1S/C18H21NO2/c1-19-14(12-20)11-13-7-3-4-8-15(13)18(19)16-9-5-6-10-17(16)21-2/h3-10,14,18,20H,11-12H2,1-2H3/t14-,18-/m0/s1. The number of likely N-dealkylation sites (N-methyl/N-ethyl adjacent to an activating group) is 1. The number of rotatable bonds is 3. The Balaban J connectivity index is 2.15. The van der Waals surface area contributed by atoms with Crippen LogP contribution in [0.4, 0.5) is 0 Å². The van der Waals surface area contributed by atoms with Crippen LogP contribution in [-0.2, 0) is 6.42 Å². The maximum atomic E-state index is 9.71. The number of hydrogen-bond donors (Lipinski definition) is 1. The van der Waals surface area contributed by atoms with E-state index in [1.807, 2.05) is 18.2 Å². The van der Waals surface area contributed by atoms with Gasteiger partial charge in [-0.25, -0.2) is 0 Å². The zero-order valence-electron chi connectivity index (χ0n) is 12.5. The van der Waals surface area contributed by atoms with Gasteiger partial charge < -0.3 is 9.84 Å². The van der Waals surface area contributed by atoms with Gasteiger partial charge in [0.05, 0.1) is 19.8 Å². The summed E-state index contributed by atoms with van der Waals surface area (Å²) in [6, 6.07) is 16.9. The highest BCUT2D eigenvalue weighted by atomic mass is 16.5. The monoisotopic (exact) mass is 283 g/mol. The van der Waals surface area contributed by atoms with Gasteiger partial charge in [-0.05, 0) is 30.7 Å². The molecule has 0 bridgehead atoms. The van der Waals surface area contributed by atoms with Crippen LogP contribution in [0, 0.1) is 0 Å². The molecule has 3 rings (SSSR count). The zero-order valence-corrected chi connectivity index (χ0v) is 12.5. The van der Waals surface area contributed by atoms with E-state index in [1.54, 1.807) is 7.11 Å². The summed E-state index contributed by atoms with van der Waals surface area (Å²) in [6.07, 6.45) is 0.884. The Bertz CT molecular complexity index is 626. The molecular formula is C18H21NO2. The third-order valence-electron chi connectivity index (χ3n) is 4.43. The summed E-state index contributed by atoms with van der Waals surface area (Å²) in [4.78, 5) is 2.25. The van der Waals surface area contributed by atoms with Gasteiger partial charge in [0.1, 0.15) is 5.75 Å². The first kappa shape index (κ1) is 14.1. The SMILES string of the molecule is COc1ccccc1[C@@H]1c2ccccc2C[C@@H](CO)N1C. The lowest BCUT2D eigenvalue weighted by molar-refractivity contribution is 0.110. The molecule has 3 nitrogen and oxygen atoms in total. The van der Waals surface area contributed by atoms with E-state index in [1.165, 1.54) is 11.1 Å². The van der Waals surface area contributed by atoms with E-state index in [4.69, 9.17) is 4.74 Å². The van der Waals surface area contributed by atoms with Crippen LogP contribution in [0.1, 0.15) is 22.7 Å². The molecule has 0 saturated heterocycles. The lowest BCUT2D eigenvalue weighted by Crippen LogP contribution is -2.43. The van der Waals surface area contributed by atoms with Crippen molar-refractivity contribution in [2.45, 2.75) is 18.5 Å².